The summed E-state index contributed by atoms with van der Waals surface area (Å²) in [6, 6.07) is 16.7. The van der Waals surface area contributed by atoms with Crippen molar-refractivity contribution in [1.29, 1.82) is 0 Å². The van der Waals surface area contributed by atoms with E-state index in [1.165, 1.54) is 0 Å². The predicted octanol–water partition coefficient (Wildman–Crippen LogP) is 2.94. The molecule has 0 aliphatic heterocycles. The monoisotopic (exact) mass is 225 g/mol. The van der Waals surface area contributed by atoms with Crippen LogP contribution < -0.4 is 5.73 Å². The van der Waals surface area contributed by atoms with Crippen LogP contribution in [0.2, 0.25) is 0 Å². The van der Waals surface area contributed by atoms with E-state index in [2.05, 4.69) is 0 Å². The molecule has 0 spiro atoms. The largest absolute Gasteiger partial charge is 0.324 e. The van der Waals surface area contributed by atoms with E-state index in [9.17, 15) is 4.79 Å². The Kier molecular flexibility index (Phi) is 3.35. The van der Waals surface area contributed by atoms with Gasteiger partial charge in [-0.05, 0) is 12.5 Å². The summed E-state index contributed by atoms with van der Waals surface area (Å²) in [5, 5.41) is 0. The van der Waals surface area contributed by atoms with Gasteiger partial charge in [0.2, 0.25) is 0 Å². The Labute approximate surface area is 101 Å². The Morgan fingerprint density at radius 1 is 0.941 bits per heavy atom. The third-order valence-corrected chi connectivity index (χ3v) is 2.73. The van der Waals surface area contributed by atoms with Crippen LogP contribution in [0.25, 0.3) is 0 Å². The van der Waals surface area contributed by atoms with Gasteiger partial charge in [-0.15, -0.1) is 0 Å². The van der Waals surface area contributed by atoms with Gasteiger partial charge < -0.3 is 5.73 Å². The third-order valence-electron chi connectivity index (χ3n) is 2.73. The van der Waals surface area contributed by atoms with Crippen LogP contribution in [0, 0.1) is 0 Å². The highest BCUT2D eigenvalue weighted by Gasteiger charge is 2.08. The summed E-state index contributed by atoms with van der Waals surface area (Å²) in [5.74, 6) is 0.0434. The Hall–Kier alpha value is -1.93. The lowest BCUT2D eigenvalue weighted by Gasteiger charge is -2.06. The Morgan fingerprint density at radius 3 is 2.00 bits per heavy atom. The number of nitrogens with two attached hydrogens (primary N) is 1. The summed E-state index contributed by atoms with van der Waals surface area (Å²) in [6.45, 7) is 1.92. The molecular weight excluding hydrogens is 210 g/mol. The summed E-state index contributed by atoms with van der Waals surface area (Å²) in [5.41, 5.74) is 8.21. The Morgan fingerprint density at radius 2 is 1.47 bits per heavy atom. The number of hydrogen-bond acceptors (Lipinski definition) is 2. The van der Waals surface area contributed by atoms with Gasteiger partial charge in [0.05, 0.1) is 0 Å². The van der Waals surface area contributed by atoms with Crippen LogP contribution in [0.4, 0.5) is 0 Å². The zero-order valence-corrected chi connectivity index (χ0v) is 9.76. The molecule has 2 aromatic rings. The average molecular weight is 225 g/mol. The van der Waals surface area contributed by atoms with Crippen molar-refractivity contribution in [2.75, 3.05) is 0 Å². The second-order valence-corrected chi connectivity index (χ2v) is 4.11. The molecule has 2 N–H and O–H groups in total. The van der Waals surface area contributed by atoms with Gasteiger partial charge in [0.25, 0.3) is 0 Å². The lowest BCUT2D eigenvalue weighted by Crippen LogP contribution is -2.06. The molecule has 17 heavy (non-hydrogen) atoms. The van der Waals surface area contributed by atoms with E-state index >= 15 is 0 Å². The van der Waals surface area contributed by atoms with Gasteiger partial charge in [0.15, 0.2) is 5.78 Å². The number of carbonyl (C=O) groups is 1. The quantitative estimate of drug-likeness (QED) is 0.816. The third kappa shape index (κ3) is 2.60. The van der Waals surface area contributed by atoms with Crippen molar-refractivity contribution >= 4 is 5.78 Å². The fourth-order valence-electron chi connectivity index (χ4n) is 1.69. The van der Waals surface area contributed by atoms with E-state index in [0.717, 1.165) is 5.56 Å². The van der Waals surface area contributed by atoms with Gasteiger partial charge in [-0.25, -0.2) is 0 Å². The molecule has 0 aromatic heterocycles. The van der Waals surface area contributed by atoms with Crippen LogP contribution in [0.1, 0.15) is 34.5 Å². The maximum absolute atomic E-state index is 12.1. The van der Waals surface area contributed by atoms with E-state index < -0.39 is 0 Å². The van der Waals surface area contributed by atoms with Crippen LogP contribution in [0.15, 0.2) is 54.6 Å². The molecule has 0 fully saturated rings. The second kappa shape index (κ2) is 4.93. The SMILES string of the molecule is C[C@@H](N)c1ccc(C(=O)c2ccccc2)cc1. The molecule has 2 rings (SSSR count). The maximum Gasteiger partial charge on any atom is 0.193 e. The summed E-state index contributed by atoms with van der Waals surface area (Å²) < 4.78 is 0. The molecule has 2 nitrogen and oxygen atoms in total. The molecule has 0 radical (unpaired) electrons. The first-order valence-corrected chi connectivity index (χ1v) is 5.64. The minimum Gasteiger partial charge on any atom is -0.324 e. The van der Waals surface area contributed by atoms with E-state index in [4.69, 9.17) is 5.73 Å². The minimum absolute atomic E-state index is 0.00382. The number of benzene rings is 2. The van der Waals surface area contributed by atoms with Crippen molar-refractivity contribution in [2.24, 2.45) is 5.73 Å². The summed E-state index contributed by atoms with van der Waals surface area (Å²) in [7, 11) is 0. The number of carbonyl (C=O) groups excluding carboxylic acids is 1. The second-order valence-electron chi connectivity index (χ2n) is 4.11. The molecule has 0 saturated carbocycles. The van der Waals surface area contributed by atoms with Gasteiger partial charge >= 0.3 is 0 Å². The summed E-state index contributed by atoms with van der Waals surface area (Å²) >= 11 is 0. The van der Waals surface area contributed by atoms with Crippen molar-refractivity contribution in [1.82, 2.24) is 0 Å². The summed E-state index contributed by atoms with van der Waals surface area (Å²) in [4.78, 5) is 12.1. The fraction of sp³-hybridized carbons (Fsp3) is 0.133. The first-order valence-electron chi connectivity index (χ1n) is 5.64. The highest BCUT2D eigenvalue weighted by atomic mass is 16.1. The molecule has 2 aromatic carbocycles. The van der Waals surface area contributed by atoms with Gasteiger partial charge in [-0.2, -0.15) is 0 Å². The molecular formula is C15H15NO. The van der Waals surface area contributed by atoms with E-state index in [1.54, 1.807) is 0 Å². The zero-order chi connectivity index (χ0) is 12.3. The van der Waals surface area contributed by atoms with E-state index in [-0.39, 0.29) is 11.8 Å². The van der Waals surface area contributed by atoms with Crippen molar-refractivity contribution in [3.8, 4) is 0 Å². The molecule has 86 valence electrons. The van der Waals surface area contributed by atoms with Crippen molar-refractivity contribution in [3.05, 3.63) is 71.3 Å². The highest BCUT2D eigenvalue weighted by molar-refractivity contribution is 6.08. The molecule has 0 aliphatic carbocycles. The van der Waals surface area contributed by atoms with E-state index in [1.807, 2.05) is 61.5 Å². The first kappa shape index (κ1) is 11.6. The summed E-state index contributed by atoms with van der Waals surface area (Å²) in [6.07, 6.45) is 0. The van der Waals surface area contributed by atoms with E-state index in [0.29, 0.717) is 11.1 Å². The number of hydrogen-bond donors (Lipinski definition) is 1. The number of rotatable bonds is 3. The van der Waals surface area contributed by atoms with Crippen LogP contribution in [-0.2, 0) is 0 Å². The molecule has 0 aliphatic rings. The minimum atomic E-state index is -0.00382. The molecule has 2 heteroatoms. The molecule has 0 heterocycles. The van der Waals surface area contributed by atoms with Crippen LogP contribution in [0.3, 0.4) is 0 Å². The van der Waals surface area contributed by atoms with Crippen LogP contribution in [0.5, 0.6) is 0 Å². The van der Waals surface area contributed by atoms with Crippen molar-refractivity contribution < 1.29 is 4.79 Å². The van der Waals surface area contributed by atoms with Crippen molar-refractivity contribution in [3.63, 3.8) is 0 Å². The topological polar surface area (TPSA) is 43.1 Å². The van der Waals surface area contributed by atoms with Crippen LogP contribution in [-0.4, -0.2) is 5.78 Å². The average Bonchev–Trinajstić information content (AvgIpc) is 2.39. The zero-order valence-electron chi connectivity index (χ0n) is 9.76. The Balaban J connectivity index is 2.27. The fourth-order valence-corrected chi connectivity index (χ4v) is 1.69. The van der Waals surface area contributed by atoms with Crippen molar-refractivity contribution in [2.45, 2.75) is 13.0 Å². The highest BCUT2D eigenvalue weighted by Crippen LogP contribution is 2.14. The molecule has 0 saturated heterocycles. The molecule has 0 bridgehead atoms. The van der Waals surface area contributed by atoms with Gasteiger partial charge in [0.1, 0.15) is 0 Å². The molecule has 0 amide bonds. The van der Waals surface area contributed by atoms with Gasteiger partial charge in [0, 0.05) is 17.2 Å². The maximum atomic E-state index is 12.1. The molecule has 0 unspecified atom stereocenters. The lowest BCUT2D eigenvalue weighted by molar-refractivity contribution is 0.103. The smallest absolute Gasteiger partial charge is 0.193 e. The van der Waals surface area contributed by atoms with Gasteiger partial charge in [-0.3, -0.25) is 4.79 Å². The normalized spacial score (nSPS) is 12.1. The predicted molar refractivity (Wildman–Crippen MR) is 68.9 cm³/mol. The lowest BCUT2D eigenvalue weighted by atomic mass is 10.0. The molecule has 1 atom stereocenters. The number of ketones is 1. The first-order chi connectivity index (χ1) is 8.18. The van der Waals surface area contributed by atoms with Crippen LogP contribution >= 0.6 is 0 Å². The Bertz CT molecular complexity index is 500. The standard InChI is InChI=1S/C15H15NO/c1-11(16)12-7-9-14(10-8-12)15(17)13-5-3-2-4-6-13/h2-11H,16H2,1H3/t11-/m1/s1. The van der Waals surface area contributed by atoms with Gasteiger partial charge in [-0.1, -0.05) is 54.6 Å².